The molecule has 5 nitrogen and oxygen atoms in total. The molecule has 0 radical (unpaired) electrons. The van der Waals surface area contributed by atoms with E-state index in [1.54, 1.807) is 0 Å². The Kier molecular flexibility index (Phi) is 6.11. The summed E-state index contributed by atoms with van der Waals surface area (Å²) < 4.78 is 4.45. The fourth-order valence-corrected chi connectivity index (χ4v) is 0.840. The molecule has 0 amide bonds. The number of nitrogens with two attached hydrogens (primary N) is 2. The first-order valence-corrected chi connectivity index (χ1v) is 4.13. The number of hydrogen-bond donors (Lipinski definition) is 4. The van der Waals surface area contributed by atoms with Gasteiger partial charge in [-0.05, 0) is 19.4 Å². The Morgan fingerprint density at radius 1 is 1.50 bits per heavy atom. The predicted molar refractivity (Wildman–Crippen MR) is 38.7 cm³/mol. The van der Waals surface area contributed by atoms with Crippen molar-refractivity contribution in [2.24, 2.45) is 11.5 Å². The van der Waals surface area contributed by atoms with E-state index in [2.05, 4.69) is 4.52 Å². The summed E-state index contributed by atoms with van der Waals surface area (Å²) in [7, 11) is -2.32. The van der Waals surface area contributed by atoms with E-state index in [1.165, 1.54) is 0 Å². The minimum Gasteiger partial charge on any atom is -0.330 e. The summed E-state index contributed by atoms with van der Waals surface area (Å²) in [6, 6.07) is 0. The molecule has 0 aliphatic carbocycles. The van der Waals surface area contributed by atoms with Crippen molar-refractivity contribution in [1.82, 2.24) is 0 Å². The van der Waals surface area contributed by atoms with Gasteiger partial charge in [0.15, 0.2) is 0 Å². The van der Waals surface area contributed by atoms with E-state index in [4.69, 9.17) is 21.3 Å². The fourth-order valence-electron chi connectivity index (χ4n) is 0.493. The van der Waals surface area contributed by atoms with Crippen LogP contribution in [0.2, 0.25) is 0 Å². The molecule has 0 saturated carbocycles. The van der Waals surface area contributed by atoms with Crippen molar-refractivity contribution in [1.29, 1.82) is 0 Å². The van der Waals surface area contributed by atoms with Gasteiger partial charge in [-0.1, -0.05) is 0 Å². The zero-order chi connectivity index (χ0) is 7.98. The third kappa shape index (κ3) is 6.35. The lowest BCUT2D eigenvalue weighted by Gasteiger charge is -2.11. The molecule has 10 heavy (non-hydrogen) atoms. The van der Waals surface area contributed by atoms with Gasteiger partial charge in [-0.3, -0.25) is 4.52 Å². The van der Waals surface area contributed by atoms with Crippen molar-refractivity contribution in [2.45, 2.75) is 19.1 Å². The second kappa shape index (κ2) is 5.97. The largest absolute Gasteiger partial charge is 0.330 e. The highest BCUT2D eigenvalue weighted by Crippen LogP contribution is 2.26. The highest BCUT2D eigenvalue weighted by molar-refractivity contribution is 7.39. The highest BCUT2D eigenvalue weighted by Gasteiger charge is 2.06. The average molecular weight is 168 g/mol. The molecule has 0 aromatic carbocycles. The van der Waals surface area contributed by atoms with Crippen molar-refractivity contribution in [2.75, 3.05) is 6.54 Å². The van der Waals surface area contributed by atoms with Crippen molar-refractivity contribution in [3.05, 3.63) is 0 Å². The van der Waals surface area contributed by atoms with E-state index in [9.17, 15) is 0 Å². The maximum Gasteiger partial charge on any atom is 0.328 e. The Balaban J connectivity index is 3.16. The van der Waals surface area contributed by atoms with Crippen LogP contribution < -0.4 is 11.5 Å². The summed E-state index contributed by atoms with van der Waals surface area (Å²) in [4.78, 5) is 16.6. The Morgan fingerprint density at radius 2 is 2.10 bits per heavy atom. The summed E-state index contributed by atoms with van der Waals surface area (Å²) in [5.74, 6) is 0. The van der Waals surface area contributed by atoms with Crippen molar-refractivity contribution in [3.8, 4) is 0 Å². The Bertz CT molecular complexity index is 82.9. The molecular weight excluding hydrogens is 155 g/mol. The van der Waals surface area contributed by atoms with Crippen LogP contribution >= 0.6 is 8.60 Å². The molecule has 6 heteroatoms. The first kappa shape index (κ1) is 10.2. The van der Waals surface area contributed by atoms with Crippen molar-refractivity contribution < 1.29 is 14.3 Å². The Labute approximate surface area is 61.0 Å². The van der Waals surface area contributed by atoms with E-state index >= 15 is 0 Å². The minimum atomic E-state index is -2.32. The summed E-state index contributed by atoms with van der Waals surface area (Å²) >= 11 is 0. The highest BCUT2D eigenvalue weighted by atomic mass is 31.2. The molecule has 0 aliphatic heterocycles. The van der Waals surface area contributed by atoms with Gasteiger partial charge >= 0.3 is 8.60 Å². The molecule has 0 aromatic heterocycles. The van der Waals surface area contributed by atoms with Crippen molar-refractivity contribution >= 4 is 8.60 Å². The maximum atomic E-state index is 8.31. The normalized spacial score (nSPS) is 14.1. The van der Waals surface area contributed by atoms with Gasteiger partial charge < -0.3 is 21.3 Å². The van der Waals surface area contributed by atoms with Gasteiger partial charge in [-0.25, -0.2) is 0 Å². The third-order valence-electron chi connectivity index (χ3n) is 0.922. The zero-order valence-electron chi connectivity index (χ0n) is 5.60. The molecule has 62 valence electrons. The first-order chi connectivity index (χ1) is 4.66. The lowest BCUT2D eigenvalue weighted by atomic mass is 10.3. The molecule has 1 atom stereocenters. The lowest BCUT2D eigenvalue weighted by Crippen LogP contribution is -2.22. The fraction of sp³-hybridized carbons (Fsp3) is 1.00. The quantitative estimate of drug-likeness (QED) is 0.319. The van der Waals surface area contributed by atoms with Crippen LogP contribution in [0.3, 0.4) is 0 Å². The first-order valence-electron chi connectivity index (χ1n) is 2.97. The smallest absolute Gasteiger partial charge is 0.328 e. The Morgan fingerprint density at radius 3 is 2.50 bits per heavy atom. The van der Waals surface area contributed by atoms with Gasteiger partial charge in [0.2, 0.25) is 0 Å². The van der Waals surface area contributed by atoms with Crippen LogP contribution in [-0.2, 0) is 4.52 Å². The average Bonchev–Trinajstić information content (AvgIpc) is 1.82. The SMILES string of the molecule is NCCCC(N)OP(O)O. The topological polar surface area (TPSA) is 102 Å². The van der Waals surface area contributed by atoms with E-state index < -0.39 is 14.8 Å². The Hall–Kier alpha value is 0.230. The van der Waals surface area contributed by atoms with E-state index in [0.717, 1.165) is 6.42 Å². The number of hydrogen-bond acceptors (Lipinski definition) is 5. The molecule has 0 aromatic rings. The van der Waals surface area contributed by atoms with E-state index in [1.807, 2.05) is 0 Å². The van der Waals surface area contributed by atoms with Gasteiger partial charge in [-0.15, -0.1) is 0 Å². The molecule has 0 bridgehead atoms. The van der Waals surface area contributed by atoms with Crippen LogP contribution in [0.15, 0.2) is 0 Å². The van der Waals surface area contributed by atoms with Crippen LogP contribution in [0.25, 0.3) is 0 Å². The molecule has 1 unspecified atom stereocenters. The summed E-state index contributed by atoms with van der Waals surface area (Å²) in [6.45, 7) is 0.534. The van der Waals surface area contributed by atoms with Crippen LogP contribution in [0.5, 0.6) is 0 Å². The molecule has 0 heterocycles. The third-order valence-corrected chi connectivity index (χ3v) is 1.38. The second-order valence-electron chi connectivity index (χ2n) is 1.83. The monoisotopic (exact) mass is 168 g/mol. The molecule has 0 spiro atoms. The van der Waals surface area contributed by atoms with Crippen LogP contribution in [0.4, 0.5) is 0 Å². The van der Waals surface area contributed by atoms with Gasteiger partial charge in [0.25, 0.3) is 0 Å². The molecular formula is C4H13N2O3P. The van der Waals surface area contributed by atoms with Crippen molar-refractivity contribution in [3.63, 3.8) is 0 Å². The lowest BCUT2D eigenvalue weighted by molar-refractivity contribution is 0.166. The summed E-state index contributed by atoms with van der Waals surface area (Å²) in [5.41, 5.74) is 10.5. The molecule has 0 rings (SSSR count). The molecule has 0 fully saturated rings. The predicted octanol–water partition coefficient (Wildman–Crippen LogP) is -0.762. The maximum absolute atomic E-state index is 8.31. The zero-order valence-corrected chi connectivity index (χ0v) is 6.50. The van der Waals surface area contributed by atoms with Gasteiger partial charge in [0.05, 0.1) is 0 Å². The van der Waals surface area contributed by atoms with Gasteiger partial charge in [0.1, 0.15) is 6.23 Å². The molecule has 0 aliphatic rings. The van der Waals surface area contributed by atoms with E-state index in [-0.39, 0.29) is 0 Å². The van der Waals surface area contributed by atoms with Crippen LogP contribution in [0.1, 0.15) is 12.8 Å². The van der Waals surface area contributed by atoms with Gasteiger partial charge in [-0.2, -0.15) is 0 Å². The van der Waals surface area contributed by atoms with Crippen LogP contribution in [0, 0.1) is 0 Å². The molecule has 0 saturated heterocycles. The van der Waals surface area contributed by atoms with Gasteiger partial charge in [0, 0.05) is 0 Å². The van der Waals surface area contributed by atoms with Crippen LogP contribution in [-0.4, -0.2) is 22.6 Å². The minimum absolute atomic E-state index is 0.534. The molecule has 6 N–H and O–H groups in total. The number of rotatable bonds is 5. The second-order valence-corrected chi connectivity index (χ2v) is 2.54. The standard InChI is InChI=1S/C4H13N2O3P/c5-3-1-2-4(6)9-10(7)8/h4,7-8H,1-3,5-6H2. The van der Waals surface area contributed by atoms with E-state index in [0.29, 0.717) is 13.0 Å². The summed E-state index contributed by atoms with van der Waals surface area (Å²) in [5, 5.41) is 0. The summed E-state index contributed by atoms with van der Waals surface area (Å²) in [6.07, 6.45) is 0.672.